The molecular weight excluding hydrogens is 500 g/mol. The third-order valence-corrected chi connectivity index (χ3v) is 7.01. The second-order valence-corrected chi connectivity index (χ2v) is 10.00. The number of hydrogen-bond donors (Lipinski definition) is 2. The maximum absolute atomic E-state index is 13.7. The number of carbonyl (C=O) groups is 2. The normalized spacial score (nSPS) is 11.3. The number of thioether (sulfide) groups is 1. The summed E-state index contributed by atoms with van der Waals surface area (Å²) in [5.74, 6) is 0.392. The van der Waals surface area contributed by atoms with Crippen LogP contribution in [-0.2, 0) is 0 Å². The molecular formula is C29H26N4O4S. The Bertz CT molecular complexity index is 1720. The molecule has 1 amide bonds. The van der Waals surface area contributed by atoms with Gasteiger partial charge in [-0.15, -0.1) is 0 Å². The van der Waals surface area contributed by atoms with Crippen molar-refractivity contribution in [2.24, 2.45) is 0 Å². The average molecular weight is 527 g/mol. The predicted molar refractivity (Wildman–Crippen MR) is 150 cm³/mol. The first-order valence-corrected chi connectivity index (χ1v) is 13.1. The Balaban J connectivity index is 1.57. The molecule has 3 aromatic carbocycles. The molecule has 0 aliphatic heterocycles. The molecule has 0 saturated carbocycles. The molecule has 5 rings (SSSR count). The number of benzene rings is 3. The zero-order chi connectivity index (χ0) is 26.8. The minimum absolute atomic E-state index is 0.0316. The molecule has 0 aliphatic carbocycles. The lowest BCUT2D eigenvalue weighted by molar-refractivity contribution is 0.0942. The summed E-state index contributed by atoms with van der Waals surface area (Å²) in [6.45, 7) is 3.76. The summed E-state index contributed by atoms with van der Waals surface area (Å²) in [5.41, 5.74) is 2.56. The fourth-order valence-electron chi connectivity index (χ4n) is 4.22. The summed E-state index contributed by atoms with van der Waals surface area (Å²) in [6, 6.07) is 19.5. The number of amides is 1. The number of H-pyrrole nitrogens is 1. The van der Waals surface area contributed by atoms with Crippen LogP contribution in [0.3, 0.4) is 0 Å². The van der Waals surface area contributed by atoms with Crippen molar-refractivity contribution in [3.63, 3.8) is 0 Å². The van der Waals surface area contributed by atoms with E-state index in [1.807, 2.05) is 38.1 Å². The molecule has 0 aliphatic rings. The van der Waals surface area contributed by atoms with Gasteiger partial charge in [0.25, 0.3) is 11.5 Å². The number of ketones is 1. The van der Waals surface area contributed by atoms with Gasteiger partial charge in [0.2, 0.25) is 0 Å². The number of Topliss-reactive ketones (excluding diaryl/α,β-unsaturated/α-hetero) is 1. The van der Waals surface area contributed by atoms with E-state index in [-0.39, 0.29) is 29.0 Å². The first kappa shape index (κ1) is 25.3. The van der Waals surface area contributed by atoms with Crippen LogP contribution in [0.15, 0.2) is 82.9 Å². The van der Waals surface area contributed by atoms with Gasteiger partial charge in [0, 0.05) is 34.3 Å². The van der Waals surface area contributed by atoms with Gasteiger partial charge in [-0.3, -0.25) is 19.0 Å². The van der Waals surface area contributed by atoms with E-state index in [1.165, 1.54) is 16.3 Å². The predicted octanol–water partition coefficient (Wildman–Crippen LogP) is 4.99. The number of carbonyl (C=O) groups excluding carboxylic acids is 2. The number of para-hydroxylation sites is 1. The van der Waals surface area contributed by atoms with Gasteiger partial charge >= 0.3 is 0 Å². The Morgan fingerprint density at radius 1 is 1.05 bits per heavy atom. The number of hydrogen-bond acceptors (Lipinski definition) is 6. The van der Waals surface area contributed by atoms with Crippen molar-refractivity contribution < 1.29 is 14.3 Å². The summed E-state index contributed by atoms with van der Waals surface area (Å²) >= 11 is 1.18. The molecule has 38 heavy (non-hydrogen) atoms. The van der Waals surface area contributed by atoms with E-state index < -0.39 is 0 Å². The van der Waals surface area contributed by atoms with Crippen LogP contribution in [0, 0.1) is 0 Å². The van der Waals surface area contributed by atoms with Crippen LogP contribution in [0.2, 0.25) is 0 Å². The molecule has 0 radical (unpaired) electrons. The van der Waals surface area contributed by atoms with E-state index in [0.29, 0.717) is 38.6 Å². The number of rotatable bonds is 8. The lowest BCUT2D eigenvalue weighted by atomic mass is 10.1. The zero-order valence-corrected chi connectivity index (χ0v) is 22.0. The van der Waals surface area contributed by atoms with Gasteiger partial charge in [-0.05, 0) is 62.4 Å². The summed E-state index contributed by atoms with van der Waals surface area (Å²) in [5, 5.41) is 4.42. The fraction of sp³-hybridized carbons (Fsp3) is 0.172. The number of aromatic amines is 1. The maximum atomic E-state index is 13.7. The monoisotopic (exact) mass is 526 g/mol. The van der Waals surface area contributed by atoms with Gasteiger partial charge < -0.3 is 15.0 Å². The van der Waals surface area contributed by atoms with Crippen molar-refractivity contribution in [2.45, 2.75) is 25.0 Å². The minimum atomic E-state index is -0.293. The lowest BCUT2D eigenvalue weighted by Gasteiger charge is -2.14. The van der Waals surface area contributed by atoms with E-state index in [4.69, 9.17) is 9.72 Å². The van der Waals surface area contributed by atoms with Crippen molar-refractivity contribution in [3.05, 3.63) is 94.4 Å². The summed E-state index contributed by atoms with van der Waals surface area (Å²) < 4.78 is 6.75. The van der Waals surface area contributed by atoms with Gasteiger partial charge in [0.15, 0.2) is 10.9 Å². The highest BCUT2D eigenvalue weighted by molar-refractivity contribution is 7.99. The minimum Gasteiger partial charge on any atom is -0.497 e. The molecule has 0 spiro atoms. The lowest BCUT2D eigenvalue weighted by Crippen LogP contribution is -2.30. The molecule has 2 N–H and O–H groups in total. The molecule has 8 nitrogen and oxygen atoms in total. The topological polar surface area (TPSA) is 106 Å². The van der Waals surface area contributed by atoms with Crippen LogP contribution >= 0.6 is 11.8 Å². The Morgan fingerprint density at radius 2 is 1.82 bits per heavy atom. The van der Waals surface area contributed by atoms with Crippen molar-refractivity contribution in [3.8, 4) is 11.4 Å². The first-order chi connectivity index (χ1) is 18.4. The Labute approximate surface area is 223 Å². The van der Waals surface area contributed by atoms with Gasteiger partial charge in [0.05, 0.1) is 29.5 Å². The van der Waals surface area contributed by atoms with Gasteiger partial charge in [-0.25, -0.2) is 4.98 Å². The smallest absolute Gasteiger partial charge is 0.266 e. The fourth-order valence-corrected chi connectivity index (χ4v) is 5.11. The molecule has 5 aromatic rings. The third kappa shape index (κ3) is 4.92. The second-order valence-electron chi connectivity index (χ2n) is 9.05. The van der Waals surface area contributed by atoms with E-state index >= 15 is 0 Å². The Kier molecular flexibility index (Phi) is 7.02. The summed E-state index contributed by atoms with van der Waals surface area (Å²) in [6.07, 6.45) is 1.71. The summed E-state index contributed by atoms with van der Waals surface area (Å²) in [7, 11) is 1.57. The molecule has 9 heteroatoms. The largest absolute Gasteiger partial charge is 0.497 e. The van der Waals surface area contributed by atoms with Crippen molar-refractivity contribution in [1.29, 1.82) is 0 Å². The quantitative estimate of drug-likeness (QED) is 0.168. The molecule has 0 bridgehead atoms. The number of aromatic nitrogens is 3. The molecule has 192 valence electrons. The van der Waals surface area contributed by atoms with E-state index in [9.17, 15) is 14.4 Å². The second kappa shape index (κ2) is 10.5. The van der Waals surface area contributed by atoms with E-state index in [2.05, 4.69) is 10.3 Å². The molecule has 0 atom stereocenters. The number of methoxy groups -OCH3 is 1. The van der Waals surface area contributed by atoms with Crippen molar-refractivity contribution >= 4 is 45.3 Å². The highest BCUT2D eigenvalue weighted by Gasteiger charge is 2.18. The van der Waals surface area contributed by atoms with Crippen LogP contribution in [-0.4, -0.2) is 45.1 Å². The summed E-state index contributed by atoms with van der Waals surface area (Å²) in [4.78, 5) is 47.4. The highest BCUT2D eigenvalue weighted by Crippen LogP contribution is 2.26. The van der Waals surface area contributed by atoms with Crippen molar-refractivity contribution in [2.75, 3.05) is 12.9 Å². The van der Waals surface area contributed by atoms with Gasteiger partial charge in [0.1, 0.15) is 5.75 Å². The molecule has 0 unspecified atom stereocenters. The van der Waals surface area contributed by atoms with Crippen LogP contribution in [0.5, 0.6) is 5.75 Å². The van der Waals surface area contributed by atoms with Crippen LogP contribution in [0.1, 0.15) is 34.6 Å². The first-order valence-electron chi connectivity index (χ1n) is 12.1. The number of fused-ring (bicyclic) bond motifs is 2. The van der Waals surface area contributed by atoms with Crippen LogP contribution in [0.4, 0.5) is 0 Å². The standard InChI is InChI=1S/C29H26N4O4S/c1-17(2)31-27(35)18-8-13-22-25(14-18)32-29(33(28(22)36)19-9-11-20(37-3)12-10-19)38-16-26(34)23-15-30-24-7-5-4-6-21(23)24/h4-15,17,30H,16H2,1-3H3,(H,31,35). The van der Waals surface area contributed by atoms with E-state index in [1.54, 1.807) is 55.8 Å². The van der Waals surface area contributed by atoms with Crippen LogP contribution < -0.4 is 15.6 Å². The molecule has 2 heterocycles. The SMILES string of the molecule is COc1ccc(-n2c(SCC(=O)c3c[nH]c4ccccc34)nc3cc(C(=O)NC(C)C)ccc3c2=O)cc1. The van der Waals surface area contributed by atoms with Crippen LogP contribution in [0.25, 0.3) is 27.5 Å². The molecule has 2 aromatic heterocycles. The average Bonchev–Trinajstić information content (AvgIpc) is 3.35. The molecule has 0 fully saturated rings. The van der Waals surface area contributed by atoms with Crippen molar-refractivity contribution in [1.82, 2.24) is 19.9 Å². The number of nitrogens with one attached hydrogen (secondary N) is 2. The number of ether oxygens (including phenoxy) is 1. The van der Waals surface area contributed by atoms with E-state index in [0.717, 1.165) is 10.9 Å². The van der Waals surface area contributed by atoms with Gasteiger partial charge in [-0.2, -0.15) is 0 Å². The Morgan fingerprint density at radius 3 is 2.55 bits per heavy atom. The highest BCUT2D eigenvalue weighted by atomic mass is 32.2. The molecule has 0 saturated heterocycles. The maximum Gasteiger partial charge on any atom is 0.266 e. The number of nitrogens with zero attached hydrogens (tertiary/aromatic N) is 2. The Hall–Kier alpha value is -4.37. The third-order valence-electron chi connectivity index (χ3n) is 6.07. The zero-order valence-electron chi connectivity index (χ0n) is 21.1. The van der Waals surface area contributed by atoms with Gasteiger partial charge in [-0.1, -0.05) is 30.0 Å².